The van der Waals surface area contributed by atoms with Crippen LogP contribution < -0.4 is 0 Å². The van der Waals surface area contributed by atoms with Crippen molar-refractivity contribution in [3.05, 3.63) is 65.2 Å². The molecule has 0 spiro atoms. The highest BCUT2D eigenvalue weighted by atomic mass is 35.5. The van der Waals surface area contributed by atoms with Gasteiger partial charge < -0.3 is 4.90 Å². The van der Waals surface area contributed by atoms with Gasteiger partial charge in [-0.05, 0) is 12.1 Å². The number of Topliss-reactive ketones (excluding diaryl/α,β-unsaturated/α-hetero) is 1. The number of nitrogens with zero attached hydrogens (tertiary/aromatic N) is 2. The molecule has 2 aromatic carbocycles. The molecule has 28 heavy (non-hydrogen) atoms. The van der Waals surface area contributed by atoms with Crippen LogP contribution in [0.25, 0.3) is 0 Å². The second-order valence-electron chi connectivity index (χ2n) is 6.50. The van der Waals surface area contributed by atoms with Crippen molar-refractivity contribution >= 4 is 33.3 Å². The number of sulfonamides is 1. The zero-order valence-corrected chi connectivity index (χ0v) is 16.8. The van der Waals surface area contributed by atoms with Crippen LogP contribution >= 0.6 is 11.6 Å². The molecule has 1 aliphatic rings. The molecule has 1 heterocycles. The molecule has 0 bridgehead atoms. The standard InChI is InChI=1S/C20H21ClN2O4S/c21-17-8-4-5-9-19(17)28(26,27)23-14-12-22(13-15-23)20(25)11-10-18(24)16-6-2-1-3-7-16/h1-9H,10-15H2. The van der Waals surface area contributed by atoms with Crippen molar-refractivity contribution in [3.63, 3.8) is 0 Å². The summed E-state index contributed by atoms with van der Waals surface area (Å²) in [5.74, 6) is -0.215. The Morgan fingerprint density at radius 2 is 1.46 bits per heavy atom. The van der Waals surface area contributed by atoms with E-state index in [9.17, 15) is 18.0 Å². The predicted molar refractivity (Wildman–Crippen MR) is 107 cm³/mol. The molecule has 2 aromatic rings. The van der Waals surface area contributed by atoms with E-state index in [-0.39, 0.29) is 47.5 Å². The molecule has 0 aliphatic carbocycles. The van der Waals surface area contributed by atoms with Gasteiger partial charge in [0.2, 0.25) is 15.9 Å². The van der Waals surface area contributed by atoms with E-state index in [1.807, 2.05) is 6.07 Å². The average Bonchev–Trinajstić information content (AvgIpc) is 2.72. The van der Waals surface area contributed by atoms with Crippen molar-refractivity contribution in [2.24, 2.45) is 0 Å². The first-order valence-electron chi connectivity index (χ1n) is 9.00. The molecule has 0 radical (unpaired) electrons. The van der Waals surface area contributed by atoms with Crippen LogP contribution in [-0.2, 0) is 14.8 Å². The van der Waals surface area contributed by atoms with Gasteiger partial charge in [0.05, 0.1) is 5.02 Å². The number of benzene rings is 2. The van der Waals surface area contributed by atoms with Crippen LogP contribution in [0.2, 0.25) is 5.02 Å². The van der Waals surface area contributed by atoms with Gasteiger partial charge in [0.15, 0.2) is 5.78 Å². The third-order valence-corrected chi connectivity index (χ3v) is 7.11. The highest BCUT2D eigenvalue weighted by Crippen LogP contribution is 2.25. The van der Waals surface area contributed by atoms with Crippen LogP contribution in [0, 0.1) is 0 Å². The molecule has 8 heteroatoms. The van der Waals surface area contributed by atoms with E-state index in [1.165, 1.54) is 16.4 Å². The van der Waals surface area contributed by atoms with Crippen molar-refractivity contribution in [1.29, 1.82) is 0 Å². The highest BCUT2D eigenvalue weighted by Gasteiger charge is 2.31. The summed E-state index contributed by atoms with van der Waals surface area (Å²) in [6.45, 7) is 0.988. The van der Waals surface area contributed by atoms with Crippen LogP contribution in [0.5, 0.6) is 0 Å². The van der Waals surface area contributed by atoms with E-state index in [2.05, 4.69) is 0 Å². The third kappa shape index (κ3) is 4.60. The van der Waals surface area contributed by atoms with Crippen molar-refractivity contribution < 1.29 is 18.0 Å². The summed E-state index contributed by atoms with van der Waals surface area (Å²) in [5.41, 5.74) is 0.589. The number of ketones is 1. The van der Waals surface area contributed by atoms with Crippen LogP contribution in [-0.4, -0.2) is 55.5 Å². The topological polar surface area (TPSA) is 74.8 Å². The molecule has 3 rings (SSSR count). The van der Waals surface area contributed by atoms with E-state index in [0.717, 1.165) is 0 Å². The van der Waals surface area contributed by atoms with E-state index >= 15 is 0 Å². The first-order valence-corrected chi connectivity index (χ1v) is 10.8. The fraction of sp³-hybridized carbons (Fsp3) is 0.300. The largest absolute Gasteiger partial charge is 0.340 e. The van der Waals surface area contributed by atoms with Crippen molar-refractivity contribution in [3.8, 4) is 0 Å². The maximum atomic E-state index is 12.7. The molecular formula is C20H21ClN2O4S. The number of carbonyl (C=O) groups excluding carboxylic acids is 2. The molecule has 1 amide bonds. The van der Waals surface area contributed by atoms with Gasteiger partial charge in [0.25, 0.3) is 0 Å². The van der Waals surface area contributed by atoms with E-state index in [0.29, 0.717) is 18.7 Å². The predicted octanol–water partition coefficient (Wildman–Crippen LogP) is 2.84. The smallest absolute Gasteiger partial charge is 0.244 e. The first kappa shape index (κ1) is 20.5. The Morgan fingerprint density at radius 3 is 2.11 bits per heavy atom. The maximum absolute atomic E-state index is 12.7. The van der Waals surface area contributed by atoms with Crippen molar-refractivity contribution in [2.45, 2.75) is 17.7 Å². The molecule has 0 unspecified atom stereocenters. The van der Waals surface area contributed by atoms with E-state index in [1.54, 1.807) is 41.3 Å². The fourth-order valence-corrected chi connectivity index (χ4v) is 5.03. The Bertz CT molecular complexity index is 955. The lowest BCUT2D eigenvalue weighted by atomic mass is 10.1. The SMILES string of the molecule is O=C(CCC(=O)N1CCN(S(=O)(=O)c2ccccc2Cl)CC1)c1ccccc1. The Balaban J connectivity index is 1.54. The normalized spacial score (nSPS) is 15.4. The average molecular weight is 421 g/mol. The summed E-state index contributed by atoms with van der Waals surface area (Å²) < 4.78 is 26.8. The summed E-state index contributed by atoms with van der Waals surface area (Å²) in [7, 11) is -3.69. The minimum Gasteiger partial charge on any atom is -0.340 e. The minimum atomic E-state index is -3.69. The van der Waals surface area contributed by atoms with E-state index < -0.39 is 10.0 Å². The Kier molecular flexibility index (Phi) is 6.49. The second-order valence-corrected chi connectivity index (χ2v) is 8.82. The number of halogens is 1. The number of carbonyl (C=O) groups is 2. The first-order chi connectivity index (χ1) is 13.4. The van der Waals surface area contributed by atoms with Crippen LogP contribution in [0.15, 0.2) is 59.5 Å². The van der Waals surface area contributed by atoms with Crippen molar-refractivity contribution in [1.82, 2.24) is 9.21 Å². The molecule has 1 aliphatic heterocycles. The van der Waals surface area contributed by atoms with Gasteiger partial charge in [0, 0.05) is 44.6 Å². The lowest BCUT2D eigenvalue weighted by Crippen LogP contribution is -2.50. The van der Waals surface area contributed by atoms with Gasteiger partial charge in [-0.3, -0.25) is 9.59 Å². The van der Waals surface area contributed by atoms with Gasteiger partial charge in [-0.25, -0.2) is 8.42 Å². The van der Waals surface area contributed by atoms with Crippen LogP contribution in [0.1, 0.15) is 23.2 Å². The second kappa shape index (κ2) is 8.86. The number of hydrogen-bond acceptors (Lipinski definition) is 4. The molecule has 1 saturated heterocycles. The van der Waals surface area contributed by atoms with Crippen LogP contribution in [0.4, 0.5) is 0 Å². The van der Waals surface area contributed by atoms with Crippen LogP contribution in [0.3, 0.4) is 0 Å². The summed E-state index contributed by atoms with van der Waals surface area (Å²) in [6.07, 6.45) is 0.256. The van der Waals surface area contributed by atoms with Gasteiger partial charge >= 0.3 is 0 Å². The van der Waals surface area contributed by atoms with Gasteiger partial charge in [-0.2, -0.15) is 4.31 Å². The number of piperazine rings is 1. The highest BCUT2D eigenvalue weighted by molar-refractivity contribution is 7.89. The third-order valence-electron chi connectivity index (χ3n) is 4.71. The summed E-state index contributed by atoms with van der Waals surface area (Å²) in [4.78, 5) is 26.2. The summed E-state index contributed by atoms with van der Waals surface area (Å²) in [5, 5.41) is 0.181. The minimum absolute atomic E-state index is 0.0740. The molecule has 0 atom stereocenters. The lowest BCUT2D eigenvalue weighted by Gasteiger charge is -2.34. The number of rotatable bonds is 6. The van der Waals surface area contributed by atoms with Gasteiger partial charge in [-0.1, -0.05) is 54.1 Å². The number of amides is 1. The summed E-state index contributed by atoms with van der Waals surface area (Å²) >= 11 is 6.03. The molecule has 0 N–H and O–H groups in total. The Hall–Kier alpha value is -2.22. The fourth-order valence-electron chi connectivity index (χ4n) is 3.12. The quantitative estimate of drug-likeness (QED) is 0.673. The Labute approximate surface area is 169 Å². The summed E-state index contributed by atoms with van der Waals surface area (Å²) in [6, 6.07) is 15.2. The van der Waals surface area contributed by atoms with Gasteiger partial charge in [-0.15, -0.1) is 0 Å². The Morgan fingerprint density at radius 1 is 0.857 bits per heavy atom. The maximum Gasteiger partial charge on any atom is 0.244 e. The van der Waals surface area contributed by atoms with Gasteiger partial charge in [0.1, 0.15) is 4.90 Å². The van der Waals surface area contributed by atoms with Crippen molar-refractivity contribution in [2.75, 3.05) is 26.2 Å². The molecule has 1 fully saturated rings. The zero-order valence-electron chi connectivity index (χ0n) is 15.3. The molecule has 0 aromatic heterocycles. The lowest BCUT2D eigenvalue weighted by molar-refractivity contribution is -0.132. The molecule has 6 nitrogen and oxygen atoms in total. The number of hydrogen-bond donors (Lipinski definition) is 0. The zero-order chi connectivity index (χ0) is 20.1. The van der Waals surface area contributed by atoms with E-state index in [4.69, 9.17) is 11.6 Å². The molecule has 148 valence electrons. The monoisotopic (exact) mass is 420 g/mol. The molecular weight excluding hydrogens is 400 g/mol. The molecule has 0 saturated carbocycles.